The summed E-state index contributed by atoms with van der Waals surface area (Å²) in [5.74, 6) is 0. The van der Waals surface area contributed by atoms with E-state index in [-0.39, 0.29) is 43.5 Å². The van der Waals surface area contributed by atoms with E-state index in [1.54, 1.807) is 0 Å². The second-order valence-corrected chi connectivity index (χ2v) is 1.77. The molecule has 0 aliphatic heterocycles. The Bertz CT molecular complexity index is 210. The van der Waals surface area contributed by atoms with Crippen LogP contribution >= 0.6 is 0 Å². The van der Waals surface area contributed by atoms with Gasteiger partial charge in [0, 0.05) is 19.5 Å². The SMILES string of the molecule is FC(F)(F)c1[c]cccc1.[I-].[Zn]. The van der Waals surface area contributed by atoms with Crippen molar-refractivity contribution in [3.05, 3.63) is 35.9 Å². The Kier molecular flexibility index (Phi) is 7.33. The van der Waals surface area contributed by atoms with Crippen molar-refractivity contribution in [3.8, 4) is 0 Å². The number of rotatable bonds is 0. The van der Waals surface area contributed by atoms with Crippen LogP contribution in [0.1, 0.15) is 5.56 Å². The fourth-order valence-corrected chi connectivity index (χ4v) is 0.570. The summed E-state index contributed by atoms with van der Waals surface area (Å²) in [6.07, 6.45) is -4.26. The summed E-state index contributed by atoms with van der Waals surface area (Å²) in [5.41, 5.74) is -0.727. The molecule has 1 radical (unpaired) electrons. The average Bonchev–Trinajstić information content (AvgIpc) is 1.88. The van der Waals surface area contributed by atoms with Gasteiger partial charge in [0.2, 0.25) is 0 Å². The van der Waals surface area contributed by atoms with Gasteiger partial charge in [-0.15, -0.1) is 0 Å². The first-order chi connectivity index (χ1) is 4.61. The summed E-state index contributed by atoms with van der Waals surface area (Å²) in [5, 5.41) is 0. The van der Waals surface area contributed by atoms with Crippen molar-refractivity contribution in [3.63, 3.8) is 0 Å². The van der Waals surface area contributed by atoms with Crippen molar-refractivity contribution in [2.75, 3.05) is 0 Å². The van der Waals surface area contributed by atoms with Gasteiger partial charge in [-0.3, -0.25) is 0 Å². The summed E-state index contributed by atoms with van der Waals surface area (Å²) < 4.78 is 35.3. The zero-order valence-electron chi connectivity index (χ0n) is 6.03. The van der Waals surface area contributed by atoms with Crippen molar-refractivity contribution in [2.45, 2.75) is 6.18 Å². The Morgan fingerprint density at radius 1 is 1.17 bits per heavy atom. The van der Waals surface area contributed by atoms with E-state index in [0.29, 0.717) is 0 Å². The standard InChI is InChI=1S/C7H4F3.HI.Zn/c8-7(9,10)6-4-2-1-3-5-6;;/h1-4H;1H;/p-1. The monoisotopic (exact) mass is 336 g/mol. The molecule has 0 saturated carbocycles. The minimum absolute atomic E-state index is 0. The summed E-state index contributed by atoms with van der Waals surface area (Å²) >= 11 is 0. The van der Waals surface area contributed by atoms with E-state index < -0.39 is 11.7 Å². The molecule has 63 valence electrons. The van der Waals surface area contributed by atoms with Gasteiger partial charge >= 0.3 is 6.18 Å². The number of halogens is 4. The molecule has 0 heterocycles. The second kappa shape index (κ2) is 5.92. The fraction of sp³-hybridized carbons (Fsp3) is 0.143. The number of hydrogen-bond acceptors (Lipinski definition) is 0. The van der Waals surface area contributed by atoms with Gasteiger partial charge in [-0.05, 0) is 12.1 Å². The summed E-state index contributed by atoms with van der Waals surface area (Å²) in [4.78, 5) is 0. The molecule has 0 unspecified atom stereocenters. The molecule has 0 aliphatic rings. The van der Waals surface area contributed by atoms with Gasteiger partial charge in [-0.25, -0.2) is 0 Å². The van der Waals surface area contributed by atoms with Crippen LogP contribution in [0.2, 0.25) is 0 Å². The number of hydrogen-bond donors (Lipinski definition) is 0. The molecular weight excluding hydrogens is 333 g/mol. The number of alkyl halides is 3. The zero-order valence-corrected chi connectivity index (χ0v) is 11.2. The molecule has 0 N–H and O–H groups in total. The van der Waals surface area contributed by atoms with E-state index in [4.69, 9.17) is 0 Å². The zero-order chi connectivity index (χ0) is 7.61. The van der Waals surface area contributed by atoms with E-state index >= 15 is 0 Å². The molecule has 0 aliphatic carbocycles. The topological polar surface area (TPSA) is 0 Å². The van der Waals surface area contributed by atoms with Gasteiger partial charge in [0.1, 0.15) is 0 Å². The van der Waals surface area contributed by atoms with Crippen molar-refractivity contribution < 1.29 is 56.6 Å². The van der Waals surface area contributed by atoms with Crippen LogP contribution in [0.3, 0.4) is 0 Å². The van der Waals surface area contributed by atoms with Crippen LogP contribution < -0.4 is 24.0 Å². The van der Waals surface area contributed by atoms with Gasteiger partial charge in [-0.2, -0.15) is 13.2 Å². The van der Waals surface area contributed by atoms with Gasteiger partial charge in [0.15, 0.2) is 0 Å². The van der Waals surface area contributed by atoms with Crippen LogP contribution in [-0.4, -0.2) is 0 Å². The van der Waals surface area contributed by atoms with Crippen LogP contribution in [0.4, 0.5) is 13.2 Å². The fourth-order valence-electron chi connectivity index (χ4n) is 0.570. The molecule has 5 heteroatoms. The van der Waals surface area contributed by atoms with E-state index in [1.165, 1.54) is 18.2 Å². The van der Waals surface area contributed by atoms with Crippen molar-refractivity contribution >= 4 is 0 Å². The summed E-state index contributed by atoms with van der Waals surface area (Å²) in [6.45, 7) is 0. The molecule has 0 nitrogen and oxygen atoms in total. The van der Waals surface area contributed by atoms with Crippen molar-refractivity contribution in [1.29, 1.82) is 0 Å². The molecule has 0 aromatic heterocycles. The molecule has 12 heavy (non-hydrogen) atoms. The maximum Gasteiger partial charge on any atom is 0.417 e. The van der Waals surface area contributed by atoms with Gasteiger partial charge in [-0.1, -0.05) is 18.2 Å². The predicted molar refractivity (Wildman–Crippen MR) is 30.3 cm³/mol. The van der Waals surface area contributed by atoms with Gasteiger partial charge < -0.3 is 24.0 Å². The quantitative estimate of drug-likeness (QED) is 0.443. The predicted octanol–water partition coefficient (Wildman–Crippen LogP) is -0.493. The number of benzene rings is 1. The van der Waals surface area contributed by atoms with E-state index in [0.717, 1.165) is 6.07 Å². The van der Waals surface area contributed by atoms with Crippen LogP contribution in [0.15, 0.2) is 24.3 Å². The molecule has 1 rings (SSSR count). The molecular formula is C7H4F3IZn-. The van der Waals surface area contributed by atoms with Crippen LogP contribution in [0.5, 0.6) is 0 Å². The first-order valence-electron chi connectivity index (χ1n) is 2.64. The third-order valence-electron chi connectivity index (χ3n) is 1.01. The minimum Gasteiger partial charge on any atom is -1.00 e. The Hall–Kier alpha value is 0.363. The first kappa shape index (κ1) is 14.9. The molecule has 0 bridgehead atoms. The molecule has 0 fully saturated rings. The van der Waals surface area contributed by atoms with Crippen LogP contribution in [0.25, 0.3) is 0 Å². The van der Waals surface area contributed by atoms with Crippen molar-refractivity contribution in [2.24, 2.45) is 0 Å². The Balaban J connectivity index is 0. The molecule has 1 aromatic carbocycles. The van der Waals surface area contributed by atoms with E-state index in [1.807, 2.05) is 0 Å². The normalized spacial score (nSPS) is 9.58. The first-order valence-corrected chi connectivity index (χ1v) is 2.64. The van der Waals surface area contributed by atoms with Crippen LogP contribution in [-0.2, 0) is 25.7 Å². The molecule has 0 spiro atoms. The maximum atomic E-state index is 11.8. The summed E-state index contributed by atoms with van der Waals surface area (Å²) in [6, 6.07) is 7.14. The maximum absolute atomic E-state index is 11.8. The molecule has 0 amide bonds. The van der Waals surface area contributed by atoms with Crippen LogP contribution in [0, 0.1) is 6.07 Å². The Labute approximate surface area is 98.3 Å². The summed E-state index contributed by atoms with van der Waals surface area (Å²) in [7, 11) is 0. The van der Waals surface area contributed by atoms with Crippen molar-refractivity contribution in [1.82, 2.24) is 0 Å². The van der Waals surface area contributed by atoms with E-state index in [2.05, 4.69) is 6.07 Å². The van der Waals surface area contributed by atoms with Gasteiger partial charge in [0.05, 0.1) is 5.56 Å². The smallest absolute Gasteiger partial charge is 0.417 e. The largest absolute Gasteiger partial charge is 1.00 e. The average molecular weight is 337 g/mol. The second-order valence-electron chi connectivity index (χ2n) is 1.77. The Morgan fingerprint density at radius 3 is 2.00 bits per heavy atom. The molecule has 0 atom stereocenters. The minimum atomic E-state index is -4.26. The van der Waals surface area contributed by atoms with Gasteiger partial charge in [0.25, 0.3) is 0 Å². The molecule has 0 saturated heterocycles. The Morgan fingerprint density at radius 2 is 1.75 bits per heavy atom. The van der Waals surface area contributed by atoms with E-state index in [9.17, 15) is 13.2 Å². The molecule has 1 aromatic rings. The third kappa shape index (κ3) is 4.40. The third-order valence-corrected chi connectivity index (χ3v) is 1.01.